The van der Waals surface area contributed by atoms with Gasteiger partial charge in [-0.25, -0.2) is 10.1 Å². The minimum absolute atomic E-state index is 0. The molecule has 34 nitrogen and oxygen atoms in total. The second kappa shape index (κ2) is 100. The van der Waals surface area contributed by atoms with Crippen molar-refractivity contribution in [1.82, 2.24) is 0 Å². The van der Waals surface area contributed by atoms with Crippen LogP contribution >= 0.6 is 0 Å². The number of aliphatic hydroxyl groups excluding tert-OH is 2. The van der Waals surface area contributed by atoms with Crippen molar-refractivity contribution in [1.29, 1.82) is 0 Å². The summed E-state index contributed by atoms with van der Waals surface area (Å²) in [5, 5.41) is 64.4. The van der Waals surface area contributed by atoms with Gasteiger partial charge >= 0.3 is 89.3 Å². The molecule has 8 N–H and O–H groups in total. The van der Waals surface area contributed by atoms with E-state index in [1.54, 1.807) is 54.9 Å². The van der Waals surface area contributed by atoms with E-state index in [1.807, 2.05) is 6.92 Å². The Morgan fingerprint density at radius 3 is 1.01 bits per heavy atom. The summed E-state index contributed by atoms with van der Waals surface area (Å²) >= 11 is 0. The van der Waals surface area contributed by atoms with Crippen LogP contribution in [0.15, 0.2) is 12.7 Å². The number of carboxylic acid groups (broad SMARTS) is 5. The summed E-state index contributed by atoms with van der Waals surface area (Å²) in [6.07, 6.45) is 5.17. The van der Waals surface area contributed by atoms with E-state index in [2.05, 4.69) is 61.0 Å². The first-order valence-electron chi connectivity index (χ1n) is 27.6. The van der Waals surface area contributed by atoms with Gasteiger partial charge in [-0.15, -0.1) is 6.58 Å². The standard InChI is InChI=1S/C11H20O6.C7H12O6.2C7H12O4.C5H8O4.C5H12O2.C5H10O.C4H10O2.C2H6O3.C2H6O2.Na.H/c1-4-16-10(12)9(11(13)17-5-2)6-7-15-8-14-3;1-12-4-13-3-2-5(6(8)9)7(10)11;1-3-10-6(8)5-7(9)11-4-2;1-2-11-7(10)5-3-4-6(8)9;6-4(7)2-1-3-5(8)9;1-3-4-7-5-6-2;1-2-3-4-5-6;1-3-6-4-5-2;1-4-2-5-3;1-4-2-3;;/h9H,4-8H2,1-3H3;5H,2-4H2,1H3,(H,8,9)(H,10,11);3-5H2,1-2H3;2-5H2,1H3,(H,8,9);1-3H2,(H,6,7)(H,8,9);3-5H2,1-2H3;2,6H,1,3-5H2;3-4H2,1-2H3;3H,2H2,1H3;3H,2H2,1H3;;/q;;;;;;;;;;+1;-1. The molecule has 0 aliphatic rings. The van der Waals surface area contributed by atoms with Crippen molar-refractivity contribution in [3.8, 4) is 0 Å². The minimum atomic E-state index is -1.41. The maximum Gasteiger partial charge on any atom is 1.00 e. The topological polar surface area (TPSA) is 480 Å². The van der Waals surface area contributed by atoms with Gasteiger partial charge < -0.3 is 108 Å². The van der Waals surface area contributed by atoms with Gasteiger partial charge in [0, 0.05) is 88.2 Å². The molecule has 0 aromatic rings. The van der Waals surface area contributed by atoms with Crippen LogP contribution in [-0.2, 0) is 124 Å². The van der Waals surface area contributed by atoms with E-state index in [0.29, 0.717) is 26.6 Å². The van der Waals surface area contributed by atoms with Crippen molar-refractivity contribution in [2.24, 2.45) is 11.8 Å². The van der Waals surface area contributed by atoms with Gasteiger partial charge in [0.1, 0.15) is 40.4 Å². The number of esters is 5. The van der Waals surface area contributed by atoms with Crippen LogP contribution in [0.2, 0.25) is 0 Å². The van der Waals surface area contributed by atoms with Crippen LogP contribution in [0, 0.1) is 11.8 Å². The van der Waals surface area contributed by atoms with Crippen molar-refractivity contribution in [3.05, 3.63) is 12.7 Å². The van der Waals surface area contributed by atoms with Crippen molar-refractivity contribution in [2.75, 3.05) is 149 Å². The molecule has 0 aromatic carbocycles. The van der Waals surface area contributed by atoms with Gasteiger partial charge in [0.25, 0.3) is 0 Å². The normalized spacial score (nSPS) is 9.22. The number of carbonyl (C=O) groups is 10. The summed E-state index contributed by atoms with van der Waals surface area (Å²) in [7, 11) is 9.00. The van der Waals surface area contributed by atoms with E-state index in [9.17, 15) is 47.9 Å². The fourth-order valence-corrected chi connectivity index (χ4v) is 4.15. The van der Waals surface area contributed by atoms with E-state index in [4.69, 9.17) is 69.4 Å². The molecule has 0 aromatic heterocycles. The third kappa shape index (κ3) is 124. The molecule has 90 heavy (non-hydrogen) atoms. The first kappa shape index (κ1) is 109. The third-order valence-electron chi connectivity index (χ3n) is 7.82. The number of carboxylic acids is 5. The Morgan fingerprint density at radius 2 is 0.767 bits per heavy atom. The summed E-state index contributed by atoms with van der Waals surface area (Å²) < 4.78 is 69.4. The van der Waals surface area contributed by atoms with Crippen LogP contribution in [0.3, 0.4) is 0 Å². The molecular weight excluding hydrogens is 1230 g/mol. The summed E-state index contributed by atoms with van der Waals surface area (Å²) in [5.74, 6) is -10.4. The quantitative estimate of drug-likeness (QED) is 0.00494. The van der Waals surface area contributed by atoms with Crippen molar-refractivity contribution >= 4 is 59.7 Å². The van der Waals surface area contributed by atoms with Gasteiger partial charge in [-0.2, -0.15) is 0 Å². The Balaban J connectivity index is -0.0000000780. The van der Waals surface area contributed by atoms with Crippen molar-refractivity contribution in [3.63, 3.8) is 0 Å². The molecule has 0 aliphatic heterocycles. The summed E-state index contributed by atoms with van der Waals surface area (Å²) in [5.41, 5.74) is 0. The van der Waals surface area contributed by atoms with Crippen LogP contribution < -0.4 is 29.6 Å². The van der Waals surface area contributed by atoms with Crippen molar-refractivity contribution in [2.45, 2.75) is 126 Å². The van der Waals surface area contributed by atoms with Crippen LogP contribution in [0.25, 0.3) is 0 Å². The molecule has 0 saturated heterocycles. The largest absolute Gasteiger partial charge is 1.00 e. The Morgan fingerprint density at radius 1 is 0.433 bits per heavy atom. The molecule has 0 fully saturated rings. The number of carbonyl (C=O) groups excluding carboxylic acids is 5. The third-order valence-corrected chi connectivity index (χ3v) is 7.82. The zero-order valence-corrected chi connectivity index (χ0v) is 57.4. The predicted octanol–water partition coefficient (Wildman–Crippen LogP) is 1.52. The molecule has 0 heterocycles. The molecule has 0 aliphatic carbocycles. The van der Waals surface area contributed by atoms with Crippen molar-refractivity contribution < 1.29 is 196 Å². The van der Waals surface area contributed by atoms with Gasteiger partial charge in [0.2, 0.25) is 0 Å². The number of methoxy groups -OCH3 is 6. The zero-order valence-electron chi connectivity index (χ0n) is 56.4. The number of hydrogen-bond acceptors (Lipinski definition) is 29. The Hall–Kier alpha value is -5.12. The second-order valence-electron chi connectivity index (χ2n) is 15.3. The van der Waals surface area contributed by atoms with Crippen LogP contribution in [0.5, 0.6) is 0 Å². The predicted molar refractivity (Wildman–Crippen MR) is 314 cm³/mol. The van der Waals surface area contributed by atoms with E-state index < -0.39 is 65.6 Å². The molecule has 0 unspecified atom stereocenters. The number of unbranched alkanes of at least 4 members (excludes halogenated alkanes) is 1. The molecule has 0 atom stereocenters. The van der Waals surface area contributed by atoms with E-state index in [1.165, 1.54) is 28.4 Å². The SMILES string of the molecule is C=CCCCO.CCCOCOC.CCOC(=O)C(CCOCOC)C(=O)OCC.CCOC(=O)CC(=O)OCC.CCOC(=O)CCCC(=O)O.CCOCOC.COCO.COCOCCC(C(=O)O)C(=O)O.COCOO.O=C(O)CCCC(=O)O.[H-].[Na+]. The Bertz CT molecular complexity index is 1530. The molecule has 0 rings (SSSR count). The molecule has 0 amide bonds. The average Bonchev–Trinajstić information content (AvgIpc) is 3.54. The van der Waals surface area contributed by atoms with Crippen LogP contribution in [0.1, 0.15) is 127 Å². The van der Waals surface area contributed by atoms with Crippen LogP contribution in [-0.4, -0.2) is 250 Å². The van der Waals surface area contributed by atoms with Crippen LogP contribution in [0.4, 0.5) is 0 Å². The zero-order chi connectivity index (χ0) is 70.7. The molecule has 534 valence electrons. The number of aliphatic carboxylic acids is 5. The second-order valence-corrected chi connectivity index (χ2v) is 15.3. The fraction of sp³-hybridized carbons (Fsp3) is 0.782. The minimum Gasteiger partial charge on any atom is -1.00 e. The first-order chi connectivity index (χ1) is 42.3. The number of hydrogen-bond donors (Lipinski definition) is 8. The monoisotopic (exact) mass is 1340 g/mol. The summed E-state index contributed by atoms with van der Waals surface area (Å²) in [6.45, 7) is 20.2. The molecule has 0 bridgehead atoms. The number of ether oxygens (including phenoxy) is 15. The van der Waals surface area contributed by atoms with Gasteiger partial charge in [-0.1, -0.05) is 13.0 Å². The number of rotatable bonds is 42. The van der Waals surface area contributed by atoms with E-state index >= 15 is 0 Å². The van der Waals surface area contributed by atoms with Gasteiger partial charge in [-0.3, -0.25) is 47.9 Å². The molecule has 0 radical (unpaired) electrons. The average molecular weight is 1340 g/mol. The fourth-order valence-electron chi connectivity index (χ4n) is 4.15. The maximum atomic E-state index is 11.5. The van der Waals surface area contributed by atoms with E-state index in [0.717, 1.165) is 32.5 Å². The smallest absolute Gasteiger partial charge is 1.00 e. The molecule has 35 heteroatoms. The van der Waals surface area contributed by atoms with Gasteiger partial charge in [0.15, 0.2) is 18.6 Å². The molecule has 0 saturated carbocycles. The maximum absolute atomic E-state index is 11.5. The molecular formula is C55H109NaO34. The summed E-state index contributed by atoms with van der Waals surface area (Å²) in [6, 6.07) is 0. The van der Waals surface area contributed by atoms with Gasteiger partial charge in [-0.05, 0) is 86.5 Å². The van der Waals surface area contributed by atoms with Gasteiger partial charge in [0.05, 0.1) is 46.2 Å². The Labute approximate surface area is 552 Å². The number of aliphatic hydroxyl groups is 2. The number of allylic oxidation sites excluding steroid dienone is 1. The van der Waals surface area contributed by atoms with E-state index in [-0.39, 0.29) is 162 Å². The first-order valence-corrected chi connectivity index (χ1v) is 27.6. The molecule has 0 spiro atoms. The Kier molecular flexibility index (Phi) is 122. The summed E-state index contributed by atoms with van der Waals surface area (Å²) in [4.78, 5) is 109.